The van der Waals surface area contributed by atoms with Gasteiger partial charge in [0, 0.05) is 19.5 Å². The maximum absolute atomic E-state index is 12.1. The van der Waals surface area contributed by atoms with Gasteiger partial charge in [-0.3, -0.25) is 9.59 Å². The van der Waals surface area contributed by atoms with Crippen LogP contribution in [0.2, 0.25) is 0 Å². The molecule has 6 heteroatoms. The fraction of sp³-hybridized carbons (Fsp3) is 0.600. The minimum Gasteiger partial charge on any atom is -0.467 e. The Kier molecular flexibility index (Phi) is 3.71. The van der Waals surface area contributed by atoms with Crippen LogP contribution in [0.25, 0.3) is 0 Å². The van der Waals surface area contributed by atoms with Crippen molar-refractivity contribution in [2.45, 2.75) is 37.8 Å². The average molecular weight is 292 g/mol. The first kappa shape index (κ1) is 14.1. The third kappa shape index (κ3) is 3.10. The minimum absolute atomic E-state index is 0.0334. The van der Waals surface area contributed by atoms with Crippen molar-refractivity contribution in [3.8, 4) is 0 Å². The largest absolute Gasteiger partial charge is 0.467 e. The van der Waals surface area contributed by atoms with Crippen LogP contribution >= 0.6 is 0 Å². The first-order valence-electron chi connectivity index (χ1n) is 7.36. The second-order valence-corrected chi connectivity index (χ2v) is 6.05. The molecule has 1 unspecified atom stereocenters. The van der Waals surface area contributed by atoms with Crippen molar-refractivity contribution in [3.05, 3.63) is 24.2 Å². The van der Waals surface area contributed by atoms with Gasteiger partial charge in [-0.05, 0) is 31.4 Å². The fourth-order valence-corrected chi connectivity index (χ4v) is 2.85. The van der Waals surface area contributed by atoms with Gasteiger partial charge in [-0.1, -0.05) is 0 Å². The standard InChI is InChI=1S/C15H20N2O4/c18-13-7-11(8-17(13)9-12-3-1-6-21-12)14(19)16-10-15(20)4-2-5-15/h1,3,6,11,20H,2,4-5,7-10H2,(H,16,19). The van der Waals surface area contributed by atoms with Crippen LogP contribution < -0.4 is 5.32 Å². The zero-order valence-corrected chi connectivity index (χ0v) is 11.9. The summed E-state index contributed by atoms with van der Waals surface area (Å²) in [6, 6.07) is 3.59. The monoisotopic (exact) mass is 292 g/mol. The van der Waals surface area contributed by atoms with E-state index >= 15 is 0 Å². The van der Waals surface area contributed by atoms with Gasteiger partial charge in [0.25, 0.3) is 0 Å². The van der Waals surface area contributed by atoms with E-state index in [-0.39, 0.29) is 30.7 Å². The molecule has 0 radical (unpaired) electrons. The number of nitrogens with zero attached hydrogens (tertiary/aromatic N) is 1. The van der Waals surface area contributed by atoms with Gasteiger partial charge in [0.15, 0.2) is 0 Å². The number of hydrogen-bond acceptors (Lipinski definition) is 4. The summed E-state index contributed by atoms with van der Waals surface area (Å²) in [6.45, 7) is 1.10. The number of amides is 2. The Hall–Kier alpha value is -1.82. The van der Waals surface area contributed by atoms with Crippen molar-refractivity contribution in [1.29, 1.82) is 0 Å². The smallest absolute Gasteiger partial charge is 0.225 e. The first-order chi connectivity index (χ1) is 10.1. The van der Waals surface area contributed by atoms with Crippen molar-refractivity contribution in [2.75, 3.05) is 13.1 Å². The Balaban J connectivity index is 1.50. The average Bonchev–Trinajstić information content (AvgIpc) is 3.05. The maximum Gasteiger partial charge on any atom is 0.225 e. The molecule has 1 atom stereocenters. The Morgan fingerprint density at radius 2 is 2.33 bits per heavy atom. The zero-order chi connectivity index (χ0) is 14.9. The molecule has 6 nitrogen and oxygen atoms in total. The van der Waals surface area contributed by atoms with E-state index in [1.165, 1.54) is 0 Å². The van der Waals surface area contributed by atoms with Gasteiger partial charge in [0.05, 0.1) is 24.3 Å². The summed E-state index contributed by atoms with van der Waals surface area (Å²) in [4.78, 5) is 25.7. The fourth-order valence-electron chi connectivity index (χ4n) is 2.85. The molecule has 1 aromatic heterocycles. The number of aliphatic hydroxyl groups is 1. The maximum atomic E-state index is 12.1. The molecule has 2 fully saturated rings. The van der Waals surface area contributed by atoms with Crippen LogP contribution in [0.5, 0.6) is 0 Å². The van der Waals surface area contributed by atoms with E-state index in [2.05, 4.69) is 5.32 Å². The van der Waals surface area contributed by atoms with E-state index in [0.717, 1.165) is 19.3 Å². The quantitative estimate of drug-likeness (QED) is 0.835. The van der Waals surface area contributed by atoms with Crippen LogP contribution in [-0.2, 0) is 16.1 Å². The second-order valence-electron chi connectivity index (χ2n) is 6.05. The lowest BCUT2D eigenvalue weighted by Gasteiger charge is -2.36. The molecular weight excluding hydrogens is 272 g/mol. The van der Waals surface area contributed by atoms with Crippen molar-refractivity contribution >= 4 is 11.8 Å². The van der Waals surface area contributed by atoms with Gasteiger partial charge in [0.2, 0.25) is 11.8 Å². The number of likely N-dealkylation sites (tertiary alicyclic amines) is 1. The van der Waals surface area contributed by atoms with Crippen molar-refractivity contribution < 1.29 is 19.1 Å². The predicted molar refractivity (Wildman–Crippen MR) is 74.0 cm³/mol. The van der Waals surface area contributed by atoms with Gasteiger partial charge in [-0.25, -0.2) is 0 Å². The van der Waals surface area contributed by atoms with Crippen molar-refractivity contribution in [3.63, 3.8) is 0 Å². The third-order valence-corrected chi connectivity index (χ3v) is 4.39. The lowest BCUT2D eigenvalue weighted by molar-refractivity contribution is -0.130. The van der Waals surface area contributed by atoms with E-state index in [1.807, 2.05) is 6.07 Å². The molecule has 3 rings (SSSR count). The molecule has 2 N–H and O–H groups in total. The summed E-state index contributed by atoms with van der Waals surface area (Å²) in [7, 11) is 0. The lowest BCUT2D eigenvalue weighted by Crippen LogP contribution is -2.49. The molecule has 1 saturated heterocycles. The summed E-state index contributed by atoms with van der Waals surface area (Å²) in [5, 5.41) is 12.7. The zero-order valence-electron chi connectivity index (χ0n) is 11.9. The van der Waals surface area contributed by atoms with Gasteiger partial charge < -0.3 is 19.7 Å². The molecule has 0 bridgehead atoms. The van der Waals surface area contributed by atoms with E-state index in [1.54, 1.807) is 17.2 Å². The number of nitrogens with one attached hydrogen (secondary N) is 1. The van der Waals surface area contributed by atoms with Gasteiger partial charge in [-0.2, -0.15) is 0 Å². The highest BCUT2D eigenvalue weighted by Crippen LogP contribution is 2.30. The normalized spacial score (nSPS) is 24.0. The highest BCUT2D eigenvalue weighted by molar-refractivity contribution is 5.89. The van der Waals surface area contributed by atoms with E-state index < -0.39 is 5.60 Å². The number of hydrogen-bond donors (Lipinski definition) is 2. The van der Waals surface area contributed by atoms with E-state index in [4.69, 9.17) is 4.42 Å². The molecule has 1 aliphatic heterocycles. The Bertz CT molecular complexity index is 522. The highest BCUT2D eigenvalue weighted by atomic mass is 16.3. The van der Waals surface area contributed by atoms with Gasteiger partial charge >= 0.3 is 0 Å². The first-order valence-corrected chi connectivity index (χ1v) is 7.36. The van der Waals surface area contributed by atoms with Crippen LogP contribution in [-0.4, -0.2) is 40.5 Å². The topological polar surface area (TPSA) is 82.8 Å². The summed E-state index contributed by atoms with van der Waals surface area (Å²) >= 11 is 0. The van der Waals surface area contributed by atoms with Crippen LogP contribution in [0.1, 0.15) is 31.4 Å². The predicted octanol–water partition coefficient (Wildman–Crippen LogP) is 0.659. The molecule has 1 saturated carbocycles. The molecule has 1 aliphatic carbocycles. The third-order valence-electron chi connectivity index (χ3n) is 4.39. The molecule has 0 spiro atoms. The molecule has 2 aliphatic rings. The Morgan fingerprint density at radius 3 is 2.95 bits per heavy atom. The molecule has 2 heterocycles. The molecule has 114 valence electrons. The SMILES string of the molecule is O=C(NCC1(O)CCC1)C1CC(=O)N(Cc2ccco2)C1. The van der Waals surface area contributed by atoms with Crippen molar-refractivity contribution in [1.82, 2.24) is 10.2 Å². The van der Waals surface area contributed by atoms with E-state index in [0.29, 0.717) is 18.8 Å². The molecule has 0 aromatic carbocycles. The highest BCUT2D eigenvalue weighted by Gasteiger charge is 2.38. The molecular formula is C15H20N2O4. The number of rotatable bonds is 5. The van der Waals surface area contributed by atoms with Crippen LogP contribution in [0.4, 0.5) is 0 Å². The summed E-state index contributed by atoms with van der Waals surface area (Å²) in [5.41, 5.74) is -0.730. The summed E-state index contributed by atoms with van der Waals surface area (Å²) in [5.74, 6) is 0.198. The lowest BCUT2D eigenvalue weighted by atomic mass is 9.80. The van der Waals surface area contributed by atoms with Crippen molar-refractivity contribution in [2.24, 2.45) is 5.92 Å². The minimum atomic E-state index is -0.730. The molecule has 1 aromatic rings. The second kappa shape index (κ2) is 5.52. The van der Waals surface area contributed by atoms with Gasteiger partial charge in [0.1, 0.15) is 5.76 Å². The molecule has 2 amide bonds. The van der Waals surface area contributed by atoms with E-state index in [9.17, 15) is 14.7 Å². The van der Waals surface area contributed by atoms with Crippen LogP contribution in [0.15, 0.2) is 22.8 Å². The Morgan fingerprint density at radius 1 is 1.52 bits per heavy atom. The Labute approximate surface area is 123 Å². The number of carbonyl (C=O) groups excluding carboxylic acids is 2. The number of carbonyl (C=O) groups is 2. The molecule has 21 heavy (non-hydrogen) atoms. The summed E-state index contributed by atoms with van der Waals surface area (Å²) in [6.07, 6.45) is 4.28. The van der Waals surface area contributed by atoms with Gasteiger partial charge in [-0.15, -0.1) is 0 Å². The summed E-state index contributed by atoms with van der Waals surface area (Å²) < 4.78 is 5.23. The number of furan rings is 1. The van der Waals surface area contributed by atoms with Crippen LogP contribution in [0.3, 0.4) is 0 Å². The van der Waals surface area contributed by atoms with Crippen LogP contribution in [0, 0.1) is 5.92 Å².